The van der Waals surface area contributed by atoms with Crippen LogP contribution in [0.2, 0.25) is 0 Å². The molecule has 0 aliphatic heterocycles. The van der Waals surface area contributed by atoms with Crippen molar-refractivity contribution < 1.29 is 13.2 Å². The fourth-order valence-electron chi connectivity index (χ4n) is 1.95. The molecule has 1 aromatic rings. The van der Waals surface area contributed by atoms with Crippen molar-refractivity contribution in [1.29, 1.82) is 0 Å². The summed E-state index contributed by atoms with van der Waals surface area (Å²) in [6.07, 6.45) is 1.77. The highest BCUT2D eigenvalue weighted by Gasteiger charge is 2.35. The van der Waals surface area contributed by atoms with Crippen molar-refractivity contribution in [2.24, 2.45) is 5.73 Å². The molecule has 0 aromatic carbocycles. The number of nitrogens with two attached hydrogens (primary N) is 1. The number of thiophene rings is 1. The van der Waals surface area contributed by atoms with Gasteiger partial charge in [0.25, 0.3) is 0 Å². The first kappa shape index (κ1) is 15.5. The number of hydrogen-bond acceptors (Lipinski definition) is 2. The van der Waals surface area contributed by atoms with E-state index < -0.39 is 17.8 Å². The SMILES string of the molecule is CCCCCCCC(N)c1cscc1C(F)(F)F. The largest absolute Gasteiger partial charge is 0.417 e. The van der Waals surface area contributed by atoms with Crippen LogP contribution in [0.25, 0.3) is 0 Å². The first-order valence-corrected chi connectivity index (χ1v) is 7.30. The zero-order valence-electron chi connectivity index (χ0n) is 10.6. The van der Waals surface area contributed by atoms with E-state index in [-0.39, 0.29) is 5.56 Å². The predicted molar refractivity (Wildman–Crippen MR) is 69.6 cm³/mol. The topological polar surface area (TPSA) is 26.0 Å². The molecule has 1 aromatic heterocycles. The van der Waals surface area contributed by atoms with Gasteiger partial charge in [0.1, 0.15) is 0 Å². The van der Waals surface area contributed by atoms with E-state index in [1.807, 2.05) is 0 Å². The molecular formula is C13H20F3NS. The Morgan fingerprint density at radius 3 is 2.44 bits per heavy atom. The summed E-state index contributed by atoms with van der Waals surface area (Å²) < 4.78 is 38.0. The van der Waals surface area contributed by atoms with E-state index >= 15 is 0 Å². The van der Waals surface area contributed by atoms with Crippen molar-refractivity contribution >= 4 is 11.3 Å². The zero-order valence-corrected chi connectivity index (χ0v) is 11.4. The maximum Gasteiger partial charge on any atom is 0.417 e. The van der Waals surface area contributed by atoms with Crippen LogP contribution in [0, 0.1) is 0 Å². The standard InChI is InChI=1S/C13H20F3NS/c1-2-3-4-5-6-7-12(17)10-8-18-9-11(10)13(14,15)16/h8-9,12H,2-7,17H2,1H3. The molecule has 5 heteroatoms. The quantitative estimate of drug-likeness (QED) is 0.688. The molecular weight excluding hydrogens is 259 g/mol. The fourth-order valence-corrected chi connectivity index (χ4v) is 2.87. The third kappa shape index (κ3) is 4.61. The first-order chi connectivity index (χ1) is 8.46. The number of halogens is 3. The van der Waals surface area contributed by atoms with Gasteiger partial charge >= 0.3 is 6.18 Å². The summed E-state index contributed by atoms with van der Waals surface area (Å²) in [6, 6.07) is -0.491. The summed E-state index contributed by atoms with van der Waals surface area (Å²) in [5.74, 6) is 0. The summed E-state index contributed by atoms with van der Waals surface area (Å²) in [6.45, 7) is 2.13. The van der Waals surface area contributed by atoms with Crippen LogP contribution in [0.15, 0.2) is 10.8 Å². The Balaban J connectivity index is 2.47. The lowest BCUT2D eigenvalue weighted by atomic mass is 9.99. The van der Waals surface area contributed by atoms with Gasteiger partial charge in [0.15, 0.2) is 0 Å². The van der Waals surface area contributed by atoms with Gasteiger partial charge in [0.2, 0.25) is 0 Å². The average molecular weight is 279 g/mol. The van der Waals surface area contributed by atoms with Gasteiger partial charge in [-0.05, 0) is 17.4 Å². The highest BCUT2D eigenvalue weighted by atomic mass is 32.1. The summed E-state index contributed by atoms with van der Waals surface area (Å²) in [5.41, 5.74) is 5.55. The number of rotatable bonds is 7. The zero-order chi connectivity index (χ0) is 13.6. The summed E-state index contributed by atoms with van der Waals surface area (Å²) in [5, 5.41) is 2.67. The maximum absolute atomic E-state index is 12.7. The highest BCUT2D eigenvalue weighted by Crippen LogP contribution is 2.37. The minimum absolute atomic E-state index is 0.253. The van der Waals surface area contributed by atoms with Crippen molar-refractivity contribution in [3.63, 3.8) is 0 Å². The molecule has 0 aliphatic carbocycles. The van der Waals surface area contributed by atoms with Gasteiger partial charge in [-0.15, -0.1) is 0 Å². The third-order valence-corrected chi connectivity index (χ3v) is 3.78. The molecule has 1 rings (SSSR count). The average Bonchev–Trinajstić information content (AvgIpc) is 2.77. The Morgan fingerprint density at radius 2 is 1.83 bits per heavy atom. The minimum Gasteiger partial charge on any atom is -0.324 e. The molecule has 104 valence electrons. The number of hydrogen-bond donors (Lipinski definition) is 1. The van der Waals surface area contributed by atoms with E-state index in [4.69, 9.17) is 5.73 Å². The molecule has 0 spiro atoms. The molecule has 0 amide bonds. The summed E-state index contributed by atoms with van der Waals surface area (Å²) in [7, 11) is 0. The van der Waals surface area contributed by atoms with Gasteiger partial charge in [-0.1, -0.05) is 39.0 Å². The Hall–Kier alpha value is -0.550. The molecule has 0 aliphatic rings. The number of alkyl halides is 3. The van der Waals surface area contributed by atoms with Crippen molar-refractivity contribution in [2.45, 2.75) is 57.7 Å². The van der Waals surface area contributed by atoms with E-state index in [2.05, 4.69) is 6.92 Å². The minimum atomic E-state index is -4.28. The van der Waals surface area contributed by atoms with Gasteiger partial charge in [-0.3, -0.25) is 0 Å². The highest BCUT2D eigenvalue weighted by molar-refractivity contribution is 7.08. The molecule has 2 N–H and O–H groups in total. The lowest BCUT2D eigenvalue weighted by Crippen LogP contribution is -2.15. The Bertz CT molecular complexity index is 346. The van der Waals surface area contributed by atoms with E-state index in [1.54, 1.807) is 0 Å². The molecule has 0 radical (unpaired) electrons. The van der Waals surface area contributed by atoms with Crippen molar-refractivity contribution in [2.75, 3.05) is 0 Å². The van der Waals surface area contributed by atoms with Crippen molar-refractivity contribution in [1.82, 2.24) is 0 Å². The van der Waals surface area contributed by atoms with Gasteiger partial charge in [-0.25, -0.2) is 0 Å². The normalized spacial score (nSPS) is 13.8. The lowest BCUT2D eigenvalue weighted by Gasteiger charge is -2.14. The summed E-state index contributed by atoms with van der Waals surface area (Å²) >= 11 is 1.07. The van der Waals surface area contributed by atoms with E-state index in [1.165, 1.54) is 11.8 Å². The van der Waals surface area contributed by atoms with Crippen LogP contribution in [-0.4, -0.2) is 0 Å². The van der Waals surface area contributed by atoms with Gasteiger partial charge in [0.05, 0.1) is 5.56 Å². The second kappa shape index (κ2) is 7.14. The van der Waals surface area contributed by atoms with Crippen LogP contribution in [0.5, 0.6) is 0 Å². The Kier molecular flexibility index (Phi) is 6.15. The fraction of sp³-hybridized carbons (Fsp3) is 0.692. The van der Waals surface area contributed by atoms with Gasteiger partial charge in [0, 0.05) is 11.4 Å². The van der Waals surface area contributed by atoms with Crippen molar-refractivity contribution in [3.05, 3.63) is 21.9 Å². The monoisotopic (exact) mass is 279 g/mol. The molecule has 18 heavy (non-hydrogen) atoms. The van der Waals surface area contributed by atoms with Gasteiger partial charge in [-0.2, -0.15) is 24.5 Å². The predicted octanol–water partition coefficient (Wildman–Crippen LogP) is 5.13. The van der Waals surface area contributed by atoms with E-state index in [0.717, 1.165) is 42.4 Å². The molecule has 1 atom stereocenters. The first-order valence-electron chi connectivity index (χ1n) is 6.35. The molecule has 1 nitrogen and oxygen atoms in total. The van der Waals surface area contributed by atoms with Crippen LogP contribution < -0.4 is 5.73 Å². The molecule has 0 fully saturated rings. The Labute approximate surface area is 110 Å². The third-order valence-electron chi connectivity index (χ3n) is 3.02. The van der Waals surface area contributed by atoms with Crippen molar-refractivity contribution in [3.8, 4) is 0 Å². The van der Waals surface area contributed by atoms with Crippen LogP contribution in [0.4, 0.5) is 13.2 Å². The number of unbranched alkanes of at least 4 members (excludes halogenated alkanes) is 4. The van der Waals surface area contributed by atoms with Crippen LogP contribution in [0.3, 0.4) is 0 Å². The maximum atomic E-state index is 12.7. The summed E-state index contributed by atoms with van der Waals surface area (Å²) in [4.78, 5) is 0. The van der Waals surface area contributed by atoms with Crippen LogP contribution in [0.1, 0.15) is 62.6 Å². The lowest BCUT2D eigenvalue weighted by molar-refractivity contribution is -0.138. The van der Waals surface area contributed by atoms with Gasteiger partial charge < -0.3 is 5.73 Å². The second-order valence-corrected chi connectivity index (χ2v) is 5.29. The molecule has 0 saturated heterocycles. The van der Waals surface area contributed by atoms with Crippen LogP contribution in [-0.2, 0) is 6.18 Å². The van der Waals surface area contributed by atoms with E-state index in [9.17, 15) is 13.2 Å². The molecule has 0 saturated carbocycles. The molecule has 1 heterocycles. The second-order valence-electron chi connectivity index (χ2n) is 4.55. The van der Waals surface area contributed by atoms with Crippen LogP contribution >= 0.6 is 11.3 Å². The Morgan fingerprint density at radius 1 is 1.17 bits per heavy atom. The molecule has 0 bridgehead atoms. The smallest absolute Gasteiger partial charge is 0.324 e. The molecule has 1 unspecified atom stereocenters. The van der Waals surface area contributed by atoms with E-state index in [0.29, 0.717) is 6.42 Å².